The van der Waals surface area contributed by atoms with E-state index in [2.05, 4.69) is 10.6 Å². The number of carbonyl (C=O) groups excluding carboxylic acids is 3. The summed E-state index contributed by atoms with van der Waals surface area (Å²) in [5, 5.41) is 17.4. The Morgan fingerprint density at radius 1 is 1.19 bits per heavy atom. The molecule has 10 heteroatoms. The molecular formula is C22H34N4O6. The van der Waals surface area contributed by atoms with Gasteiger partial charge >= 0.3 is 6.09 Å². The van der Waals surface area contributed by atoms with Gasteiger partial charge in [-0.05, 0) is 59.9 Å². The number of carbonyl (C=O) groups is 3. The molecule has 1 aromatic carbocycles. The summed E-state index contributed by atoms with van der Waals surface area (Å²) in [5.41, 5.74) is -0.600. The van der Waals surface area contributed by atoms with Crippen molar-refractivity contribution in [3.05, 3.63) is 33.4 Å². The fourth-order valence-corrected chi connectivity index (χ4v) is 2.93. The number of Topliss-reactive ketones (excluding diaryl/α,β-unsaturated/α-hetero) is 1. The van der Waals surface area contributed by atoms with E-state index < -0.39 is 22.5 Å². The first-order valence-electron chi connectivity index (χ1n) is 10.5. The number of unbranched alkanes of at least 4 members (excludes halogenated alkanes) is 1. The molecule has 1 rings (SSSR count). The third-order valence-electron chi connectivity index (χ3n) is 4.48. The van der Waals surface area contributed by atoms with E-state index in [1.807, 2.05) is 6.92 Å². The zero-order chi connectivity index (χ0) is 24.6. The second kappa shape index (κ2) is 11.4. The van der Waals surface area contributed by atoms with Crippen LogP contribution in [0, 0.1) is 10.1 Å². The molecule has 178 valence electrons. The molecule has 0 aliphatic carbocycles. The molecule has 0 saturated heterocycles. The SMILES string of the molecule is CC(=O)c1cc(C(=O)N(C)C)c(NC(C)CCCCNC(=O)OC(C)(C)C)c([N+](=O)[O-])c1. The minimum Gasteiger partial charge on any atom is -0.444 e. The molecule has 2 amide bonds. The zero-order valence-electron chi connectivity index (χ0n) is 19.9. The van der Waals surface area contributed by atoms with Crippen molar-refractivity contribution < 1.29 is 24.0 Å². The van der Waals surface area contributed by atoms with Crippen molar-refractivity contribution in [2.24, 2.45) is 0 Å². The Bertz CT molecular complexity index is 861. The van der Waals surface area contributed by atoms with Crippen LogP contribution in [-0.4, -0.2) is 59.9 Å². The molecule has 0 radical (unpaired) electrons. The van der Waals surface area contributed by atoms with Crippen LogP contribution in [0.3, 0.4) is 0 Å². The van der Waals surface area contributed by atoms with Crippen LogP contribution >= 0.6 is 0 Å². The van der Waals surface area contributed by atoms with E-state index in [0.29, 0.717) is 19.4 Å². The van der Waals surface area contributed by atoms with Gasteiger partial charge in [0.1, 0.15) is 11.3 Å². The van der Waals surface area contributed by atoms with Gasteiger partial charge in [-0.1, -0.05) is 0 Å². The van der Waals surface area contributed by atoms with E-state index in [9.17, 15) is 24.5 Å². The van der Waals surface area contributed by atoms with Crippen molar-refractivity contribution in [1.82, 2.24) is 10.2 Å². The number of benzene rings is 1. The molecule has 0 spiro atoms. The van der Waals surface area contributed by atoms with Gasteiger partial charge in [0.25, 0.3) is 11.6 Å². The van der Waals surface area contributed by atoms with Crippen LogP contribution in [0.4, 0.5) is 16.2 Å². The first kappa shape index (κ1) is 26.9. The first-order chi connectivity index (χ1) is 14.7. The number of ketones is 1. The van der Waals surface area contributed by atoms with Crippen molar-refractivity contribution in [3.8, 4) is 0 Å². The van der Waals surface area contributed by atoms with E-state index in [4.69, 9.17) is 4.74 Å². The van der Waals surface area contributed by atoms with Crippen LogP contribution in [-0.2, 0) is 4.74 Å². The molecule has 0 aliphatic rings. The van der Waals surface area contributed by atoms with Gasteiger partial charge in [-0.3, -0.25) is 19.7 Å². The Balaban J connectivity index is 2.87. The number of nitro groups is 1. The molecule has 0 fully saturated rings. The number of anilines is 1. The van der Waals surface area contributed by atoms with Crippen molar-refractivity contribution in [2.75, 3.05) is 26.0 Å². The second-order valence-electron chi connectivity index (χ2n) is 8.90. The van der Waals surface area contributed by atoms with Crippen LogP contribution in [0.1, 0.15) is 74.6 Å². The molecule has 0 heterocycles. The highest BCUT2D eigenvalue weighted by atomic mass is 16.6. The topological polar surface area (TPSA) is 131 Å². The summed E-state index contributed by atoms with van der Waals surface area (Å²) in [6.07, 6.45) is 1.61. The molecular weight excluding hydrogens is 416 g/mol. The smallest absolute Gasteiger partial charge is 0.407 e. The average Bonchev–Trinajstić information content (AvgIpc) is 2.65. The molecule has 1 unspecified atom stereocenters. The van der Waals surface area contributed by atoms with Gasteiger partial charge in [-0.2, -0.15) is 0 Å². The number of hydrogen-bond donors (Lipinski definition) is 2. The minimum atomic E-state index is -0.599. The minimum absolute atomic E-state index is 0.0767. The van der Waals surface area contributed by atoms with Crippen LogP contribution in [0.15, 0.2) is 12.1 Å². The van der Waals surface area contributed by atoms with E-state index in [1.54, 1.807) is 34.9 Å². The first-order valence-corrected chi connectivity index (χ1v) is 10.5. The van der Waals surface area contributed by atoms with Gasteiger partial charge in [-0.25, -0.2) is 4.79 Å². The number of nitrogens with one attached hydrogen (secondary N) is 2. The number of hydrogen-bond acceptors (Lipinski definition) is 7. The number of alkyl carbamates (subject to hydrolysis) is 1. The maximum Gasteiger partial charge on any atom is 0.407 e. The van der Waals surface area contributed by atoms with Gasteiger partial charge in [0.2, 0.25) is 0 Å². The van der Waals surface area contributed by atoms with Crippen LogP contribution in [0.2, 0.25) is 0 Å². The summed E-state index contributed by atoms with van der Waals surface area (Å²) in [5.74, 6) is -0.801. The molecule has 32 heavy (non-hydrogen) atoms. The summed E-state index contributed by atoms with van der Waals surface area (Å²) in [4.78, 5) is 48.5. The van der Waals surface area contributed by atoms with Crippen molar-refractivity contribution in [1.29, 1.82) is 0 Å². The Morgan fingerprint density at radius 3 is 2.31 bits per heavy atom. The van der Waals surface area contributed by atoms with Gasteiger partial charge in [0, 0.05) is 38.3 Å². The van der Waals surface area contributed by atoms with Crippen LogP contribution < -0.4 is 10.6 Å². The van der Waals surface area contributed by atoms with E-state index >= 15 is 0 Å². The van der Waals surface area contributed by atoms with Gasteiger partial charge in [0.05, 0.1) is 10.5 Å². The molecule has 1 atom stereocenters. The summed E-state index contributed by atoms with van der Waals surface area (Å²) >= 11 is 0. The highest BCUT2D eigenvalue weighted by Crippen LogP contribution is 2.32. The normalized spacial score (nSPS) is 12.0. The molecule has 0 aromatic heterocycles. The maximum atomic E-state index is 12.7. The Kier molecular flexibility index (Phi) is 9.61. The molecule has 10 nitrogen and oxygen atoms in total. The largest absolute Gasteiger partial charge is 0.444 e. The van der Waals surface area contributed by atoms with Gasteiger partial charge in [0.15, 0.2) is 5.78 Å². The van der Waals surface area contributed by atoms with E-state index in [1.165, 1.54) is 24.0 Å². The van der Waals surface area contributed by atoms with Crippen molar-refractivity contribution >= 4 is 29.2 Å². The van der Waals surface area contributed by atoms with Crippen LogP contribution in [0.25, 0.3) is 0 Å². The lowest BCUT2D eigenvalue weighted by molar-refractivity contribution is -0.384. The molecule has 0 aliphatic heterocycles. The van der Waals surface area contributed by atoms with Crippen LogP contribution in [0.5, 0.6) is 0 Å². The number of nitro benzene ring substituents is 1. The Labute approximate surface area is 188 Å². The average molecular weight is 451 g/mol. The lowest BCUT2D eigenvalue weighted by Gasteiger charge is -2.21. The van der Waals surface area contributed by atoms with Gasteiger partial charge in [-0.15, -0.1) is 0 Å². The molecule has 0 bridgehead atoms. The molecule has 1 aromatic rings. The Hall–Kier alpha value is -3.17. The predicted octanol–water partition coefficient (Wildman–Crippen LogP) is 3.99. The van der Waals surface area contributed by atoms with E-state index in [0.717, 1.165) is 6.42 Å². The second-order valence-corrected chi connectivity index (χ2v) is 8.90. The summed E-state index contributed by atoms with van der Waals surface area (Å²) in [6, 6.07) is 2.39. The summed E-state index contributed by atoms with van der Waals surface area (Å²) in [6.45, 7) is 8.96. The molecule has 0 saturated carbocycles. The zero-order valence-corrected chi connectivity index (χ0v) is 19.9. The lowest BCUT2D eigenvalue weighted by atomic mass is 10.0. The number of ether oxygens (including phenoxy) is 1. The summed E-state index contributed by atoms with van der Waals surface area (Å²) < 4.78 is 5.18. The summed E-state index contributed by atoms with van der Waals surface area (Å²) in [7, 11) is 3.08. The maximum absolute atomic E-state index is 12.7. The standard InChI is InChI=1S/C22H34N4O6/c1-14(10-8-9-11-23-21(29)32-22(3,4)5)24-19-17(20(28)25(6)7)12-16(15(2)27)13-18(19)26(30)31/h12-14,24H,8-11H2,1-7H3,(H,23,29). The third kappa shape index (κ3) is 8.52. The highest BCUT2D eigenvalue weighted by Gasteiger charge is 2.26. The number of nitrogens with zero attached hydrogens (tertiary/aromatic N) is 2. The lowest BCUT2D eigenvalue weighted by Crippen LogP contribution is -2.33. The Morgan fingerprint density at radius 2 is 1.81 bits per heavy atom. The van der Waals surface area contributed by atoms with Crippen molar-refractivity contribution in [3.63, 3.8) is 0 Å². The number of amides is 2. The molecule has 2 N–H and O–H groups in total. The quantitative estimate of drug-likeness (QED) is 0.238. The van der Waals surface area contributed by atoms with E-state index in [-0.39, 0.29) is 34.3 Å². The fourth-order valence-electron chi connectivity index (χ4n) is 2.93. The predicted molar refractivity (Wildman–Crippen MR) is 122 cm³/mol. The third-order valence-corrected chi connectivity index (χ3v) is 4.48. The fraction of sp³-hybridized carbons (Fsp3) is 0.591. The monoisotopic (exact) mass is 450 g/mol. The van der Waals surface area contributed by atoms with Crippen molar-refractivity contribution in [2.45, 2.75) is 65.5 Å². The number of rotatable bonds is 10. The highest BCUT2D eigenvalue weighted by molar-refractivity contribution is 6.05. The van der Waals surface area contributed by atoms with Gasteiger partial charge < -0.3 is 20.3 Å².